The molecular formula is C41H40N2O8S2. The van der Waals surface area contributed by atoms with Crippen LogP contribution in [0.15, 0.2) is 137 Å². The summed E-state index contributed by atoms with van der Waals surface area (Å²) in [5.74, 6) is -0.950. The van der Waals surface area contributed by atoms with E-state index >= 15 is 0 Å². The van der Waals surface area contributed by atoms with Gasteiger partial charge >= 0.3 is 5.97 Å². The number of aryl methyl sites for hydroxylation is 1. The lowest BCUT2D eigenvalue weighted by Crippen LogP contribution is -2.45. The minimum Gasteiger partial charge on any atom is -0.478 e. The molecule has 1 fully saturated rings. The molecule has 1 heterocycles. The van der Waals surface area contributed by atoms with Crippen molar-refractivity contribution in [3.63, 3.8) is 0 Å². The van der Waals surface area contributed by atoms with Crippen molar-refractivity contribution >= 4 is 39.3 Å². The van der Waals surface area contributed by atoms with Crippen LogP contribution in [-0.4, -0.2) is 48.4 Å². The van der Waals surface area contributed by atoms with Crippen LogP contribution in [0.1, 0.15) is 57.0 Å². The lowest BCUT2D eigenvalue weighted by Gasteiger charge is -2.36. The third kappa shape index (κ3) is 10.2. The van der Waals surface area contributed by atoms with Crippen molar-refractivity contribution < 1.29 is 37.7 Å². The topological polar surface area (TPSA) is 151 Å². The highest BCUT2D eigenvalue weighted by Crippen LogP contribution is 2.40. The molecule has 12 heteroatoms. The van der Waals surface area contributed by atoms with Gasteiger partial charge in [0.15, 0.2) is 6.29 Å². The zero-order valence-electron chi connectivity index (χ0n) is 28.9. The van der Waals surface area contributed by atoms with Gasteiger partial charge in [-0.05, 0) is 78.6 Å². The van der Waals surface area contributed by atoms with Gasteiger partial charge in [0.05, 0.1) is 29.3 Å². The lowest BCUT2D eigenvalue weighted by atomic mass is 10.0. The average molecular weight is 753 g/mol. The molecule has 0 bridgehead atoms. The lowest BCUT2D eigenvalue weighted by molar-refractivity contribution is -0.245. The van der Waals surface area contributed by atoms with Crippen molar-refractivity contribution in [3.8, 4) is 0 Å². The van der Waals surface area contributed by atoms with E-state index < -0.39 is 34.2 Å². The smallest absolute Gasteiger partial charge is 0.335 e. The number of aromatic carboxylic acids is 1. The first kappa shape index (κ1) is 37.9. The van der Waals surface area contributed by atoms with Crippen molar-refractivity contribution in [2.24, 2.45) is 0 Å². The molecule has 4 N–H and O–H groups in total. The van der Waals surface area contributed by atoms with E-state index in [2.05, 4.69) is 10.0 Å². The van der Waals surface area contributed by atoms with E-state index in [0.29, 0.717) is 23.4 Å². The minimum atomic E-state index is -4.03. The number of thioether (sulfide) groups is 1. The predicted octanol–water partition coefficient (Wildman–Crippen LogP) is 7.05. The second-order valence-corrected chi connectivity index (χ2v) is 15.6. The summed E-state index contributed by atoms with van der Waals surface area (Å²) in [7, 11) is -4.03. The number of carbonyl (C=O) groups excluding carboxylic acids is 1. The van der Waals surface area contributed by atoms with Crippen molar-refractivity contribution in [1.82, 2.24) is 4.72 Å². The minimum absolute atomic E-state index is 0.0631. The van der Waals surface area contributed by atoms with E-state index in [-0.39, 0.29) is 35.7 Å². The van der Waals surface area contributed by atoms with Crippen LogP contribution in [0.5, 0.6) is 0 Å². The van der Waals surface area contributed by atoms with E-state index in [1.165, 1.54) is 12.1 Å². The molecule has 4 atom stereocenters. The van der Waals surface area contributed by atoms with E-state index in [1.54, 1.807) is 66.4 Å². The molecular weight excluding hydrogens is 713 g/mol. The number of anilines is 1. The number of carboxylic acids is 1. The van der Waals surface area contributed by atoms with E-state index in [0.717, 1.165) is 27.1 Å². The Bertz CT molecular complexity index is 2110. The van der Waals surface area contributed by atoms with Crippen LogP contribution in [0, 0.1) is 6.92 Å². The molecule has 0 radical (unpaired) electrons. The Morgan fingerprint density at radius 2 is 1.55 bits per heavy atom. The monoisotopic (exact) mass is 752 g/mol. The number of hydrogen-bond donors (Lipinski definition) is 4. The normalized spacial score (nSPS) is 17.9. The summed E-state index contributed by atoms with van der Waals surface area (Å²) in [4.78, 5) is 26.1. The number of amides is 1. The highest BCUT2D eigenvalue weighted by atomic mass is 32.2. The third-order valence-electron chi connectivity index (χ3n) is 8.81. The summed E-state index contributed by atoms with van der Waals surface area (Å²) in [6.07, 6.45) is -0.727. The Labute approximate surface area is 313 Å². The molecule has 0 spiro atoms. The maximum absolute atomic E-state index is 13.8. The highest BCUT2D eigenvalue weighted by Gasteiger charge is 2.33. The van der Waals surface area contributed by atoms with Gasteiger partial charge in [-0.3, -0.25) is 4.79 Å². The fourth-order valence-electron chi connectivity index (χ4n) is 5.91. The zero-order chi connectivity index (χ0) is 37.4. The predicted molar refractivity (Wildman–Crippen MR) is 203 cm³/mol. The molecule has 0 saturated carbocycles. The average Bonchev–Trinajstić information content (AvgIpc) is 3.17. The number of sulfonamides is 1. The number of hydrogen-bond acceptors (Lipinski definition) is 8. The first-order chi connectivity index (χ1) is 25.6. The van der Waals surface area contributed by atoms with Gasteiger partial charge in [0.1, 0.15) is 6.04 Å². The first-order valence-electron chi connectivity index (χ1n) is 17.1. The van der Waals surface area contributed by atoms with Crippen molar-refractivity contribution in [1.29, 1.82) is 0 Å². The standard InChI is InChI=1S/C41H40N2O8S2/c1-27-10-20-36(21-11-27)53(48,49)43-37(22-28-6-3-2-4-7-28)39(45)42-33-9-5-8-32(23-33)41-50-34(26-52-35-18-16-31(17-19-35)40(46)47)24-38(51-41)30-14-12-29(25-44)13-15-30/h2-21,23,34,37-38,41,43-44H,22,24-26H2,1H3,(H,42,45)(H,46,47)/t34-,37+,38+,41?/m0/s1. The van der Waals surface area contributed by atoms with Gasteiger partial charge in [-0.15, -0.1) is 11.8 Å². The van der Waals surface area contributed by atoms with Crippen LogP contribution < -0.4 is 10.0 Å². The van der Waals surface area contributed by atoms with Gasteiger partial charge in [-0.2, -0.15) is 4.72 Å². The molecule has 1 aliphatic rings. The molecule has 274 valence electrons. The summed E-state index contributed by atoms with van der Waals surface area (Å²) in [6, 6.07) is 35.8. The Balaban J connectivity index is 1.21. The van der Waals surface area contributed by atoms with E-state index in [1.807, 2.05) is 67.6 Å². The molecule has 6 rings (SSSR count). The number of rotatable bonds is 14. The summed E-state index contributed by atoms with van der Waals surface area (Å²) in [5, 5.41) is 21.7. The SMILES string of the molecule is Cc1ccc(S(=O)(=O)N[C@H](Cc2ccccc2)C(=O)Nc2cccc(C3O[C@H](CSc4ccc(C(=O)O)cc4)C[C@H](c4ccc(CO)cc4)O3)c2)cc1. The van der Waals surface area contributed by atoms with E-state index in [4.69, 9.17) is 9.47 Å². The molecule has 1 amide bonds. The van der Waals surface area contributed by atoms with Gasteiger partial charge in [0, 0.05) is 28.3 Å². The van der Waals surface area contributed by atoms with Gasteiger partial charge < -0.3 is 25.0 Å². The number of aliphatic hydroxyl groups excluding tert-OH is 1. The van der Waals surface area contributed by atoms with Crippen LogP contribution >= 0.6 is 11.8 Å². The van der Waals surface area contributed by atoms with E-state index in [9.17, 15) is 28.2 Å². The molecule has 0 aromatic heterocycles. The van der Waals surface area contributed by atoms with Crippen LogP contribution in [0.2, 0.25) is 0 Å². The van der Waals surface area contributed by atoms with Gasteiger partial charge in [0.2, 0.25) is 15.9 Å². The first-order valence-corrected chi connectivity index (χ1v) is 19.5. The van der Waals surface area contributed by atoms with Crippen LogP contribution in [0.3, 0.4) is 0 Å². The Kier molecular flexibility index (Phi) is 12.4. The van der Waals surface area contributed by atoms with Crippen LogP contribution in [0.4, 0.5) is 5.69 Å². The maximum atomic E-state index is 13.8. The van der Waals surface area contributed by atoms with Crippen LogP contribution in [0.25, 0.3) is 0 Å². The molecule has 5 aromatic carbocycles. The Morgan fingerprint density at radius 1 is 0.830 bits per heavy atom. The highest BCUT2D eigenvalue weighted by molar-refractivity contribution is 7.99. The molecule has 1 aliphatic heterocycles. The third-order valence-corrected chi connectivity index (χ3v) is 11.4. The quantitative estimate of drug-likeness (QED) is 0.0875. The fraction of sp³-hybridized carbons (Fsp3) is 0.220. The van der Waals surface area contributed by atoms with Crippen molar-refractivity contribution in [3.05, 3.63) is 161 Å². The number of ether oxygens (including phenoxy) is 2. The summed E-state index contributed by atoms with van der Waals surface area (Å²) < 4.78 is 42.4. The largest absolute Gasteiger partial charge is 0.478 e. The Hall–Kier alpha value is -4.82. The molecule has 0 aliphatic carbocycles. The number of nitrogens with one attached hydrogen (secondary N) is 2. The summed E-state index contributed by atoms with van der Waals surface area (Å²) in [6.45, 7) is 1.79. The van der Waals surface area contributed by atoms with Gasteiger partial charge in [-0.25, -0.2) is 13.2 Å². The van der Waals surface area contributed by atoms with Crippen molar-refractivity contribution in [2.45, 2.75) is 60.7 Å². The molecule has 5 aromatic rings. The number of carboxylic acid groups (broad SMARTS) is 1. The number of aliphatic hydroxyl groups is 1. The zero-order valence-corrected chi connectivity index (χ0v) is 30.6. The van der Waals surface area contributed by atoms with Crippen LogP contribution in [-0.2, 0) is 37.3 Å². The summed E-state index contributed by atoms with van der Waals surface area (Å²) >= 11 is 1.55. The summed E-state index contributed by atoms with van der Waals surface area (Å²) in [5.41, 5.74) is 4.71. The molecule has 1 saturated heterocycles. The molecule has 10 nitrogen and oxygen atoms in total. The second-order valence-electron chi connectivity index (χ2n) is 12.8. The van der Waals surface area contributed by atoms with Gasteiger partial charge in [-0.1, -0.05) is 84.4 Å². The number of carbonyl (C=O) groups is 2. The van der Waals surface area contributed by atoms with Gasteiger partial charge in [0.25, 0.3) is 0 Å². The van der Waals surface area contributed by atoms with Crippen molar-refractivity contribution in [2.75, 3.05) is 11.1 Å². The molecule has 53 heavy (non-hydrogen) atoms. The Morgan fingerprint density at radius 3 is 2.23 bits per heavy atom. The fourth-order valence-corrected chi connectivity index (χ4v) is 8.03. The maximum Gasteiger partial charge on any atom is 0.335 e. The second kappa shape index (κ2) is 17.3. The molecule has 1 unspecified atom stereocenters. The number of benzene rings is 5.